The number of aryl methyl sites for hydroxylation is 1. The summed E-state index contributed by atoms with van der Waals surface area (Å²) in [5, 5.41) is 3.22. The summed E-state index contributed by atoms with van der Waals surface area (Å²) in [6, 6.07) is 11.2. The van der Waals surface area contributed by atoms with E-state index in [0.29, 0.717) is 46.7 Å². The number of amides is 1. The van der Waals surface area contributed by atoms with E-state index in [0.717, 1.165) is 24.0 Å². The molecular formula is C32H34FNO8. The number of hydrogen-bond donors (Lipinski definition) is 1. The molecule has 0 fully saturated rings. The van der Waals surface area contributed by atoms with Gasteiger partial charge in [-0.3, -0.25) is 4.79 Å². The third-order valence-corrected chi connectivity index (χ3v) is 7.62. The van der Waals surface area contributed by atoms with Crippen molar-refractivity contribution < 1.29 is 42.3 Å². The molecule has 9 nitrogen and oxygen atoms in total. The normalized spacial score (nSPS) is 17.3. The van der Waals surface area contributed by atoms with Crippen LogP contribution < -0.4 is 33.7 Å². The zero-order chi connectivity index (χ0) is 29.8. The Hall–Kier alpha value is -4.44. The lowest BCUT2D eigenvalue weighted by Crippen LogP contribution is -2.38. The van der Waals surface area contributed by atoms with Crippen LogP contribution in [-0.4, -0.2) is 54.9 Å². The van der Waals surface area contributed by atoms with E-state index < -0.39 is 17.8 Å². The van der Waals surface area contributed by atoms with Gasteiger partial charge in [-0.1, -0.05) is 0 Å². The first-order valence-electron chi connectivity index (χ1n) is 13.5. The molecule has 0 saturated carbocycles. The van der Waals surface area contributed by atoms with Crippen molar-refractivity contribution in [2.24, 2.45) is 5.92 Å². The topological polar surface area (TPSA) is 93.7 Å². The van der Waals surface area contributed by atoms with Crippen LogP contribution in [0, 0.1) is 11.7 Å². The zero-order valence-corrected chi connectivity index (χ0v) is 24.2. The Morgan fingerprint density at radius 2 is 1.67 bits per heavy atom. The number of fused-ring (bicyclic) bond motifs is 2. The maximum absolute atomic E-state index is 15.1. The highest BCUT2D eigenvalue weighted by atomic mass is 19.1. The highest BCUT2D eigenvalue weighted by Gasteiger charge is 2.34. The van der Waals surface area contributed by atoms with Crippen LogP contribution in [0.25, 0.3) is 11.6 Å². The molecule has 0 saturated heterocycles. The zero-order valence-electron chi connectivity index (χ0n) is 24.2. The predicted octanol–water partition coefficient (Wildman–Crippen LogP) is 5.20. The molecule has 0 radical (unpaired) electrons. The van der Waals surface area contributed by atoms with E-state index in [1.54, 1.807) is 19.2 Å². The summed E-state index contributed by atoms with van der Waals surface area (Å²) < 4.78 is 53.7. The van der Waals surface area contributed by atoms with Gasteiger partial charge in [0.15, 0.2) is 23.0 Å². The van der Waals surface area contributed by atoms with Crippen LogP contribution in [0.2, 0.25) is 0 Å². The van der Waals surface area contributed by atoms with Crippen molar-refractivity contribution in [3.63, 3.8) is 0 Å². The molecule has 42 heavy (non-hydrogen) atoms. The van der Waals surface area contributed by atoms with Crippen molar-refractivity contribution in [3.05, 3.63) is 70.5 Å². The Labute approximate surface area is 244 Å². The van der Waals surface area contributed by atoms with Gasteiger partial charge in [0.2, 0.25) is 12.5 Å². The molecule has 0 spiro atoms. The quantitative estimate of drug-likeness (QED) is 0.259. The van der Waals surface area contributed by atoms with Gasteiger partial charge >= 0.3 is 0 Å². The maximum atomic E-state index is 15.1. The van der Waals surface area contributed by atoms with Crippen LogP contribution in [0.3, 0.4) is 0 Å². The fraction of sp³-hybridized carbons (Fsp3) is 0.344. The standard InChI is InChI=1S/C32H34FNO8/c1-36-16-19-7-6-18-12-26-27(42-17-41-26)15-23(18)30(19)34-32(35)24(11-21-10-22(37-2)8-9-25(21)33)20-13-28(38-3)31(40-5)29(14-20)39-4/h8-15,19,30H,6-7,16-17H2,1-5H3,(H,34,35)/b24-11+. The molecular weight excluding hydrogens is 545 g/mol. The fourth-order valence-corrected chi connectivity index (χ4v) is 5.51. The number of carbonyl (C=O) groups is 1. The van der Waals surface area contributed by atoms with Crippen LogP contribution in [0.5, 0.6) is 34.5 Å². The van der Waals surface area contributed by atoms with E-state index in [9.17, 15) is 4.79 Å². The number of rotatable bonds is 10. The van der Waals surface area contributed by atoms with Gasteiger partial charge in [0.25, 0.3) is 5.91 Å². The molecule has 0 bridgehead atoms. The number of ether oxygens (including phenoxy) is 7. The minimum atomic E-state index is -0.512. The van der Waals surface area contributed by atoms with E-state index in [1.807, 2.05) is 12.1 Å². The van der Waals surface area contributed by atoms with Gasteiger partial charge in [0.05, 0.1) is 41.1 Å². The average Bonchev–Trinajstić information content (AvgIpc) is 3.47. The second-order valence-corrected chi connectivity index (χ2v) is 9.97. The summed E-state index contributed by atoms with van der Waals surface area (Å²) in [5.41, 5.74) is 2.79. The Morgan fingerprint density at radius 3 is 2.31 bits per heavy atom. The Kier molecular flexibility index (Phi) is 8.72. The highest BCUT2D eigenvalue weighted by molar-refractivity contribution is 6.24. The molecule has 222 valence electrons. The monoisotopic (exact) mass is 579 g/mol. The molecule has 2 atom stereocenters. The number of nitrogens with one attached hydrogen (secondary N) is 1. The summed E-state index contributed by atoms with van der Waals surface area (Å²) in [6.45, 7) is 0.587. The van der Waals surface area contributed by atoms with Gasteiger partial charge in [0, 0.05) is 24.2 Å². The van der Waals surface area contributed by atoms with Gasteiger partial charge in [-0.2, -0.15) is 0 Å². The summed E-state index contributed by atoms with van der Waals surface area (Å²) in [5.74, 6) is 1.89. The number of halogens is 1. The Balaban J connectivity index is 1.62. The molecule has 1 N–H and O–H groups in total. The van der Waals surface area contributed by atoms with Gasteiger partial charge < -0.3 is 38.5 Å². The molecule has 0 aromatic heterocycles. The number of methoxy groups -OCH3 is 5. The molecule has 1 heterocycles. The van der Waals surface area contributed by atoms with Crippen molar-refractivity contribution in [1.29, 1.82) is 0 Å². The molecule has 3 aromatic rings. The second-order valence-electron chi connectivity index (χ2n) is 9.97. The lowest BCUT2D eigenvalue weighted by atomic mass is 9.79. The third-order valence-electron chi connectivity index (χ3n) is 7.62. The summed E-state index contributed by atoms with van der Waals surface area (Å²) in [6.07, 6.45) is 3.08. The Morgan fingerprint density at radius 1 is 0.952 bits per heavy atom. The fourth-order valence-electron chi connectivity index (χ4n) is 5.51. The predicted molar refractivity (Wildman–Crippen MR) is 154 cm³/mol. The van der Waals surface area contributed by atoms with E-state index in [-0.39, 0.29) is 23.8 Å². The SMILES string of the molecule is COCC1CCc2cc3c(cc2C1NC(=O)/C(=C/c1cc(OC)ccc1F)c1cc(OC)c(OC)c(OC)c1)OCO3. The minimum absolute atomic E-state index is 0.0124. The largest absolute Gasteiger partial charge is 0.497 e. The first-order valence-corrected chi connectivity index (χ1v) is 13.5. The smallest absolute Gasteiger partial charge is 0.252 e. The number of carbonyl (C=O) groups excluding carboxylic acids is 1. The minimum Gasteiger partial charge on any atom is -0.497 e. The molecule has 1 aliphatic heterocycles. The van der Waals surface area contributed by atoms with Crippen molar-refractivity contribution in [2.75, 3.05) is 48.9 Å². The first kappa shape index (κ1) is 29.1. The summed E-state index contributed by atoms with van der Waals surface area (Å²) in [4.78, 5) is 14.3. The van der Waals surface area contributed by atoms with Crippen LogP contribution in [0.15, 0.2) is 42.5 Å². The maximum Gasteiger partial charge on any atom is 0.252 e. The molecule has 1 aliphatic carbocycles. The molecule has 3 aromatic carbocycles. The molecule has 1 amide bonds. The van der Waals surface area contributed by atoms with E-state index in [4.69, 9.17) is 33.2 Å². The summed E-state index contributed by atoms with van der Waals surface area (Å²) >= 11 is 0. The van der Waals surface area contributed by atoms with Crippen LogP contribution in [-0.2, 0) is 16.0 Å². The van der Waals surface area contributed by atoms with E-state index in [2.05, 4.69) is 5.32 Å². The van der Waals surface area contributed by atoms with Crippen molar-refractivity contribution >= 4 is 17.6 Å². The van der Waals surface area contributed by atoms with Gasteiger partial charge in [-0.25, -0.2) is 4.39 Å². The number of benzene rings is 3. The summed E-state index contributed by atoms with van der Waals surface area (Å²) in [7, 11) is 7.61. The Bertz CT molecular complexity index is 1480. The lowest BCUT2D eigenvalue weighted by Gasteiger charge is -2.34. The molecule has 5 rings (SSSR count). The lowest BCUT2D eigenvalue weighted by molar-refractivity contribution is -0.116. The van der Waals surface area contributed by atoms with Crippen LogP contribution in [0.4, 0.5) is 4.39 Å². The highest BCUT2D eigenvalue weighted by Crippen LogP contribution is 2.44. The average molecular weight is 580 g/mol. The van der Waals surface area contributed by atoms with Crippen molar-refractivity contribution in [1.82, 2.24) is 5.32 Å². The van der Waals surface area contributed by atoms with Gasteiger partial charge in [-0.15, -0.1) is 0 Å². The van der Waals surface area contributed by atoms with Crippen LogP contribution >= 0.6 is 0 Å². The van der Waals surface area contributed by atoms with Crippen LogP contribution in [0.1, 0.15) is 34.7 Å². The van der Waals surface area contributed by atoms with Gasteiger partial charge in [0.1, 0.15) is 11.6 Å². The molecule has 2 aliphatic rings. The van der Waals surface area contributed by atoms with Crippen molar-refractivity contribution in [2.45, 2.75) is 18.9 Å². The van der Waals surface area contributed by atoms with E-state index in [1.165, 1.54) is 52.7 Å². The molecule has 10 heteroatoms. The third kappa shape index (κ3) is 5.67. The molecule has 2 unspecified atom stereocenters. The van der Waals surface area contributed by atoms with E-state index >= 15 is 4.39 Å². The number of hydrogen-bond acceptors (Lipinski definition) is 8. The second kappa shape index (κ2) is 12.6. The van der Waals surface area contributed by atoms with Crippen molar-refractivity contribution in [3.8, 4) is 34.5 Å². The van der Waals surface area contributed by atoms with Gasteiger partial charge in [-0.05, 0) is 78.1 Å². The first-order chi connectivity index (χ1) is 20.4.